The zero-order chi connectivity index (χ0) is 11.0. The Labute approximate surface area is 96.4 Å². The van der Waals surface area contributed by atoms with Crippen LogP contribution in [0.4, 0.5) is 11.4 Å². The molecule has 0 bridgehead atoms. The van der Waals surface area contributed by atoms with Gasteiger partial charge in [-0.05, 0) is 31.4 Å². The van der Waals surface area contributed by atoms with Gasteiger partial charge in [-0.3, -0.25) is 0 Å². The molecule has 2 aliphatic rings. The molecule has 0 spiro atoms. The highest BCUT2D eigenvalue weighted by molar-refractivity contribution is 5.78. The number of nitrogens with zero attached hydrogens (tertiary/aromatic N) is 1. The zero-order valence-electron chi connectivity index (χ0n) is 9.70. The highest BCUT2D eigenvalue weighted by Gasteiger charge is 2.29. The van der Waals surface area contributed by atoms with E-state index >= 15 is 0 Å². The van der Waals surface area contributed by atoms with E-state index in [1.54, 1.807) is 7.11 Å². The maximum absolute atomic E-state index is 5.40. The molecule has 1 aromatic carbocycles. The van der Waals surface area contributed by atoms with E-state index in [4.69, 9.17) is 4.74 Å². The number of methoxy groups -OCH3 is 1. The summed E-state index contributed by atoms with van der Waals surface area (Å²) >= 11 is 0. The molecule has 3 rings (SSSR count). The van der Waals surface area contributed by atoms with Crippen molar-refractivity contribution in [3.05, 3.63) is 18.2 Å². The fourth-order valence-corrected chi connectivity index (χ4v) is 2.86. The molecule has 1 saturated heterocycles. The standard InChI is InChI=1S/C13H18N2O/c1-16-12-7-4-6-11-13(12)14-9-10-5-2-3-8-15(10)11/h4,6-7,10,14H,2-3,5,8-9H2,1H3. The van der Waals surface area contributed by atoms with Crippen LogP contribution in [0.25, 0.3) is 0 Å². The fourth-order valence-electron chi connectivity index (χ4n) is 2.86. The van der Waals surface area contributed by atoms with Crippen LogP contribution in [0, 0.1) is 0 Å². The number of rotatable bonds is 1. The summed E-state index contributed by atoms with van der Waals surface area (Å²) in [6.45, 7) is 2.24. The molecule has 3 heteroatoms. The van der Waals surface area contributed by atoms with Crippen LogP contribution in [0.2, 0.25) is 0 Å². The second-order valence-corrected chi connectivity index (χ2v) is 4.58. The average Bonchev–Trinajstić information content (AvgIpc) is 2.37. The normalized spacial score (nSPS) is 23.1. The molecule has 1 aromatic rings. The summed E-state index contributed by atoms with van der Waals surface area (Å²) in [7, 11) is 1.74. The Bertz CT molecular complexity index is 392. The third kappa shape index (κ3) is 1.42. The summed E-state index contributed by atoms with van der Waals surface area (Å²) in [5, 5.41) is 3.51. The van der Waals surface area contributed by atoms with Gasteiger partial charge in [0.25, 0.3) is 0 Å². The maximum atomic E-state index is 5.40. The number of benzene rings is 1. The van der Waals surface area contributed by atoms with Gasteiger partial charge in [0.15, 0.2) is 0 Å². The van der Waals surface area contributed by atoms with Crippen LogP contribution in [0.5, 0.6) is 5.75 Å². The molecule has 16 heavy (non-hydrogen) atoms. The third-order valence-electron chi connectivity index (χ3n) is 3.68. The van der Waals surface area contributed by atoms with Gasteiger partial charge in [0.05, 0.1) is 12.8 Å². The molecule has 2 heterocycles. The first-order chi connectivity index (χ1) is 7.90. The summed E-state index contributed by atoms with van der Waals surface area (Å²) in [5.74, 6) is 0.960. The SMILES string of the molecule is COc1cccc2c1NCC1CCCCN21. The number of para-hydroxylation sites is 1. The van der Waals surface area contributed by atoms with Crippen LogP contribution in [0.1, 0.15) is 19.3 Å². The Hall–Kier alpha value is -1.38. The molecule has 3 nitrogen and oxygen atoms in total. The van der Waals surface area contributed by atoms with Gasteiger partial charge >= 0.3 is 0 Å². The molecule has 1 unspecified atom stereocenters. The number of hydrogen-bond donors (Lipinski definition) is 1. The molecule has 0 aromatic heterocycles. The van der Waals surface area contributed by atoms with E-state index in [-0.39, 0.29) is 0 Å². The van der Waals surface area contributed by atoms with E-state index in [2.05, 4.69) is 22.3 Å². The lowest BCUT2D eigenvalue weighted by Crippen LogP contribution is -2.47. The van der Waals surface area contributed by atoms with Crippen molar-refractivity contribution in [2.45, 2.75) is 25.3 Å². The quantitative estimate of drug-likeness (QED) is 0.783. The van der Waals surface area contributed by atoms with Crippen molar-refractivity contribution in [2.24, 2.45) is 0 Å². The molecular formula is C13H18N2O. The van der Waals surface area contributed by atoms with Crippen molar-refractivity contribution in [1.82, 2.24) is 0 Å². The number of ether oxygens (including phenoxy) is 1. The molecule has 1 atom stereocenters. The van der Waals surface area contributed by atoms with E-state index in [9.17, 15) is 0 Å². The van der Waals surface area contributed by atoms with E-state index in [0.29, 0.717) is 6.04 Å². The van der Waals surface area contributed by atoms with Gasteiger partial charge in [0.2, 0.25) is 0 Å². The highest BCUT2D eigenvalue weighted by Crippen LogP contribution is 2.40. The van der Waals surface area contributed by atoms with E-state index in [0.717, 1.165) is 12.3 Å². The average molecular weight is 218 g/mol. The van der Waals surface area contributed by atoms with E-state index < -0.39 is 0 Å². The second kappa shape index (κ2) is 3.89. The van der Waals surface area contributed by atoms with Gasteiger partial charge in [0, 0.05) is 19.1 Å². The molecular weight excluding hydrogens is 200 g/mol. The summed E-state index contributed by atoms with van der Waals surface area (Å²) in [4.78, 5) is 2.54. The predicted molar refractivity (Wildman–Crippen MR) is 66.5 cm³/mol. The van der Waals surface area contributed by atoms with Crippen LogP contribution >= 0.6 is 0 Å². The summed E-state index contributed by atoms with van der Waals surface area (Å²) < 4.78 is 5.40. The van der Waals surface area contributed by atoms with Gasteiger partial charge < -0.3 is 15.0 Å². The van der Waals surface area contributed by atoms with E-state index in [1.807, 2.05) is 6.07 Å². The molecule has 86 valence electrons. The maximum Gasteiger partial charge on any atom is 0.144 e. The molecule has 1 N–H and O–H groups in total. The lowest BCUT2D eigenvalue weighted by molar-refractivity contribution is 0.412. The van der Waals surface area contributed by atoms with Crippen molar-refractivity contribution in [1.29, 1.82) is 0 Å². The van der Waals surface area contributed by atoms with Crippen LogP contribution in [0.3, 0.4) is 0 Å². The first kappa shape index (κ1) is 9.82. The molecule has 0 aliphatic carbocycles. The highest BCUT2D eigenvalue weighted by atomic mass is 16.5. The Balaban J connectivity index is 2.01. The number of hydrogen-bond acceptors (Lipinski definition) is 3. The first-order valence-corrected chi connectivity index (χ1v) is 6.07. The van der Waals surface area contributed by atoms with Crippen molar-refractivity contribution < 1.29 is 4.74 Å². The van der Waals surface area contributed by atoms with Crippen LogP contribution in [0.15, 0.2) is 18.2 Å². The smallest absolute Gasteiger partial charge is 0.144 e. The number of nitrogens with one attached hydrogen (secondary N) is 1. The van der Waals surface area contributed by atoms with Crippen LogP contribution in [-0.4, -0.2) is 26.2 Å². The zero-order valence-corrected chi connectivity index (χ0v) is 9.70. The minimum absolute atomic E-state index is 0.674. The van der Waals surface area contributed by atoms with Gasteiger partial charge in [-0.2, -0.15) is 0 Å². The van der Waals surface area contributed by atoms with Crippen LogP contribution in [-0.2, 0) is 0 Å². The summed E-state index contributed by atoms with van der Waals surface area (Å²) in [5.41, 5.74) is 2.48. The van der Waals surface area contributed by atoms with Gasteiger partial charge in [-0.1, -0.05) is 6.07 Å². The molecule has 0 amide bonds. The van der Waals surface area contributed by atoms with Crippen molar-refractivity contribution in [3.63, 3.8) is 0 Å². The molecule has 0 saturated carbocycles. The molecule has 0 radical (unpaired) electrons. The Morgan fingerprint density at radius 2 is 2.31 bits per heavy atom. The Kier molecular flexibility index (Phi) is 2.39. The summed E-state index contributed by atoms with van der Waals surface area (Å²) in [6, 6.07) is 6.97. The van der Waals surface area contributed by atoms with E-state index in [1.165, 1.54) is 37.2 Å². The summed E-state index contributed by atoms with van der Waals surface area (Å²) in [6.07, 6.45) is 3.99. The van der Waals surface area contributed by atoms with Gasteiger partial charge in [-0.15, -0.1) is 0 Å². The Morgan fingerprint density at radius 1 is 1.38 bits per heavy atom. The lowest BCUT2D eigenvalue weighted by atomic mass is 9.98. The minimum atomic E-state index is 0.674. The molecule has 2 aliphatic heterocycles. The molecule has 1 fully saturated rings. The number of anilines is 2. The van der Waals surface area contributed by atoms with Crippen LogP contribution < -0.4 is 15.0 Å². The van der Waals surface area contributed by atoms with Crippen molar-refractivity contribution in [3.8, 4) is 5.75 Å². The van der Waals surface area contributed by atoms with Gasteiger partial charge in [0.1, 0.15) is 11.4 Å². The first-order valence-electron chi connectivity index (χ1n) is 6.07. The topological polar surface area (TPSA) is 24.5 Å². The lowest BCUT2D eigenvalue weighted by Gasteiger charge is -2.42. The van der Waals surface area contributed by atoms with Gasteiger partial charge in [-0.25, -0.2) is 0 Å². The second-order valence-electron chi connectivity index (χ2n) is 4.58. The largest absolute Gasteiger partial charge is 0.495 e. The monoisotopic (exact) mass is 218 g/mol. The third-order valence-corrected chi connectivity index (χ3v) is 3.68. The minimum Gasteiger partial charge on any atom is -0.495 e. The fraction of sp³-hybridized carbons (Fsp3) is 0.538. The van der Waals surface area contributed by atoms with Crippen molar-refractivity contribution in [2.75, 3.05) is 30.4 Å². The van der Waals surface area contributed by atoms with Crippen molar-refractivity contribution >= 4 is 11.4 Å². The number of piperidine rings is 1. The predicted octanol–water partition coefficient (Wildman–Crippen LogP) is 2.48. The number of fused-ring (bicyclic) bond motifs is 3. The Morgan fingerprint density at radius 3 is 3.19 bits per heavy atom.